The van der Waals surface area contributed by atoms with Gasteiger partial charge in [0.25, 0.3) is 5.91 Å². The molecule has 0 aliphatic rings. The van der Waals surface area contributed by atoms with Crippen molar-refractivity contribution in [3.05, 3.63) is 57.9 Å². The van der Waals surface area contributed by atoms with Crippen LogP contribution in [0.2, 0.25) is 0 Å². The van der Waals surface area contributed by atoms with Crippen LogP contribution >= 0.6 is 22.6 Å². The Balaban J connectivity index is 2.01. The summed E-state index contributed by atoms with van der Waals surface area (Å²) in [6.07, 6.45) is -0.0946. The summed E-state index contributed by atoms with van der Waals surface area (Å²) >= 11 is 2.20. The summed E-state index contributed by atoms with van der Waals surface area (Å²) in [6.45, 7) is 1.86. The van der Waals surface area contributed by atoms with Crippen LogP contribution in [0.5, 0.6) is 5.75 Å². The van der Waals surface area contributed by atoms with Crippen molar-refractivity contribution in [2.24, 2.45) is 0 Å². The largest absolute Gasteiger partial charge is 0.481 e. The van der Waals surface area contributed by atoms with E-state index in [0.717, 1.165) is 9.26 Å². The van der Waals surface area contributed by atoms with Crippen LogP contribution in [-0.2, 0) is 4.79 Å². The van der Waals surface area contributed by atoms with Gasteiger partial charge in [-0.25, -0.2) is 4.39 Å². The van der Waals surface area contributed by atoms with Crippen LogP contribution in [0.3, 0.4) is 0 Å². The summed E-state index contributed by atoms with van der Waals surface area (Å²) in [6, 6.07) is 13.1. The Kier molecular flexibility index (Phi) is 5.55. The van der Waals surface area contributed by atoms with Gasteiger partial charge in [0.05, 0.1) is 0 Å². The lowest BCUT2D eigenvalue weighted by atomic mass is 10.2. The minimum absolute atomic E-state index is 0.219. The van der Waals surface area contributed by atoms with E-state index in [1.54, 1.807) is 0 Å². The van der Waals surface area contributed by atoms with E-state index in [1.807, 2.05) is 31.2 Å². The van der Waals surface area contributed by atoms with Gasteiger partial charge in [-0.15, -0.1) is 0 Å². The first-order chi connectivity index (χ1) is 10.1. The monoisotopic (exact) mass is 399 g/mol. The Bertz CT molecular complexity index is 599. The predicted octanol–water partition coefficient (Wildman–Crippen LogP) is 4.23. The van der Waals surface area contributed by atoms with E-state index in [1.165, 1.54) is 24.3 Å². The average Bonchev–Trinajstić information content (AvgIpc) is 2.49. The minimum Gasteiger partial charge on any atom is -0.481 e. The Hall–Kier alpha value is -1.63. The Morgan fingerprint density at radius 2 is 1.81 bits per heavy atom. The molecule has 110 valence electrons. The number of carbonyl (C=O) groups is 1. The lowest BCUT2D eigenvalue weighted by molar-refractivity contribution is -0.122. The molecule has 0 heterocycles. The fourth-order valence-electron chi connectivity index (χ4n) is 1.76. The number of hydrogen-bond acceptors (Lipinski definition) is 2. The van der Waals surface area contributed by atoms with Crippen LogP contribution in [0, 0.1) is 9.39 Å². The van der Waals surface area contributed by atoms with Crippen LogP contribution in [0.4, 0.5) is 10.1 Å². The molecule has 0 aromatic heterocycles. The fourth-order valence-corrected chi connectivity index (χ4v) is 2.12. The van der Waals surface area contributed by atoms with Crippen molar-refractivity contribution in [1.29, 1.82) is 0 Å². The first kappa shape index (κ1) is 15.8. The summed E-state index contributed by atoms with van der Waals surface area (Å²) in [5.41, 5.74) is 0.724. The quantitative estimate of drug-likeness (QED) is 0.765. The molecule has 0 radical (unpaired) electrons. The van der Waals surface area contributed by atoms with Crippen molar-refractivity contribution in [2.75, 3.05) is 5.32 Å². The molecule has 0 spiro atoms. The molecule has 1 N–H and O–H groups in total. The number of ether oxygens (including phenoxy) is 1. The molecule has 2 aromatic rings. The van der Waals surface area contributed by atoms with Crippen LogP contribution < -0.4 is 10.1 Å². The van der Waals surface area contributed by atoms with Crippen molar-refractivity contribution in [3.63, 3.8) is 0 Å². The number of rotatable bonds is 5. The number of carbonyl (C=O) groups excluding carboxylic acids is 1. The van der Waals surface area contributed by atoms with Gasteiger partial charge in [0, 0.05) is 9.26 Å². The second-order valence-electron chi connectivity index (χ2n) is 4.46. The zero-order valence-corrected chi connectivity index (χ0v) is 13.6. The predicted molar refractivity (Wildman–Crippen MR) is 88.9 cm³/mol. The number of hydrogen-bond donors (Lipinski definition) is 1. The lowest BCUT2D eigenvalue weighted by Gasteiger charge is -2.17. The van der Waals surface area contributed by atoms with Gasteiger partial charge in [0.1, 0.15) is 11.6 Å². The summed E-state index contributed by atoms with van der Waals surface area (Å²) in [4.78, 5) is 12.2. The Morgan fingerprint density at radius 3 is 2.38 bits per heavy atom. The van der Waals surface area contributed by atoms with Gasteiger partial charge in [-0.05, 0) is 77.5 Å². The average molecular weight is 399 g/mol. The summed E-state index contributed by atoms with van der Waals surface area (Å²) < 4.78 is 19.5. The van der Waals surface area contributed by atoms with E-state index >= 15 is 0 Å². The standard InChI is InChI=1S/C16H15FINO2/c1-2-15(21-14-9-3-11(17)4-10-14)16(20)19-13-7-5-12(18)6-8-13/h3-10,15H,2H2,1H3,(H,19,20)/t15-/m1/s1. The molecule has 1 atom stereocenters. The number of halogens is 2. The first-order valence-electron chi connectivity index (χ1n) is 6.57. The highest BCUT2D eigenvalue weighted by atomic mass is 127. The minimum atomic E-state index is -0.616. The molecular weight excluding hydrogens is 384 g/mol. The third kappa shape index (κ3) is 4.70. The molecule has 1 amide bonds. The van der Waals surface area contributed by atoms with Gasteiger partial charge in [0.2, 0.25) is 0 Å². The number of benzene rings is 2. The molecule has 3 nitrogen and oxygen atoms in total. The summed E-state index contributed by atoms with van der Waals surface area (Å²) in [7, 11) is 0. The second-order valence-corrected chi connectivity index (χ2v) is 5.71. The van der Waals surface area contributed by atoms with E-state index in [9.17, 15) is 9.18 Å². The number of amides is 1. The molecule has 0 bridgehead atoms. The topological polar surface area (TPSA) is 38.3 Å². The van der Waals surface area contributed by atoms with Crippen LogP contribution in [0.15, 0.2) is 48.5 Å². The lowest BCUT2D eigenvalue weighted by Crippen LogP contribution is -2.32. The maximum absolute atomic E-state index is 12.8. The summed E-state index contributed by atoms with van der Waals surface area (Å²) in [5, 5.41) is 2.81. The third-order valence-electron chi connectivity index (χ3n) is 2.87. The molecule has 21 heavy (non-hydrogen) atoms. The number of anilines is 1. The van der Waals surface area contributed by atoms with E-state index < -0.39 is 6.10 Å². The maximum atomic E-state index is 12.8. The first-order valence-corrected chi connectivity index (χ1v) is 7.65. The van der Waals surface area contributed by atoms with Gasteiger partial charge in [-0.2, -0.15) is 0 Å². The summed E-state index contributed by atoms with van der Waals surface area (Å²) in [5.74, 6) is -0.0808. The molecule has 0 fully saturated rings. The van der Waals surface area contributed by atoms with Crippen molar-refractivity contribution >= 4 is 34.2 Å². The van der Waals surface area contributed by atoms with E-state index in [-0.39, 0.29) is 11.7 Å². The van der Waals surface area contributed by atoms with Gasteiger partial charge in [0.15, 0.2) is 6.10 Å². The maximum Gasteiger partial charge on any atom is 0.265 e. The highest BCUT2D eigenvalue weighted by Gasteiger charge is 2.18. The highest BCUT2D eigenvalue weighted by molar-refractivity contribution is 14.1. The molecule has 0 aliphatic heterocycles. The second kappa shape index (κ2) is 7.40. The zero-order chi connectivity index (χ0) is 15.2. The van der Waals surface area contributed by atoms with Gasteiger partial charge in [-0.1, -0.05) is 6.92 Å². The normalized spacial score (nSPS) is 11.8. The zero-order valence-electron chi connectivity index (χ0n) is 11.5. The molecule has 2 aromatic carbocycles. The van der Waals surface area contributed by atoms with Crippen molar-refractivity contribution in [2.45, 2.75) is 19.4 Å². The molecule has 0 saturated carbocycles. The molecular formula is C16H15FINO2. The van der Waals surface area contributed by atoms with Gasteiger partial charge in [-0.3, -0.25) is 4.79 Å². The van der Waals surface area contributed by atoms with Crippen LogP contribution in [0.25, 0.3) is 0 Å². The third-order valence-corrected chi connectivity index (χ3v) is 3.59. The van der Waals surface area contributed by atoms with E-state index in [0.29, 0.717) is 12.2 Å². The Labute approximate surface area is 136 Å². The van der Waals surface area contributed by atoms with E-state index in [2.05, 4.69) is 27.9 Å². The fraction of sp³-hybridized carbons (Fsp3) is 0.188. The van der Waals surface area contributed by atoms with Crippen molar-refractivity contribution < 1.29 is 13.9 Å². The van der Waals surface area contributed by atoms with Crippen LogP contribution in [0.1, 0.15) is 13.3 Å². The SMILES string of the molecule is CC[C@@H](Oc1ccc(F)cc1)C(=O)Nc1ccc(I)cc1. The highest BCUT2D eigenvalue weighted by Crippen LogP contribution is 2.16. The molecule has 2 rings (SSSR count). The molecule has 5 heteroatoms. The number of nitrogens with one attached hydrogen (secondary N) is 1. The molecule has 0 saturated heterocycles. The van der Waals surface area contributed by atoms with Crippen molar-refractivity contribution in [1.82, 2.24) is 0 Å². The van der Waals surface area contributed by atoms with Crippen molar-refractivity contribution in [3.8, 4) is 5.75 Å². The van der Waals surface area contributed by atoms with E-state index in [4.69, 9.17) is 4.74 Å². The van der Waals surface area contributed by atoms with Crippen LogP contribution in [-0.4, -0.2) is 12.0 Å². The smallest absolute Gasteiger partial charge is 0.265 e. The van der Waals surface area contributed by atoms with Gasteiger partial charge >= 0.3 is 0 Å². The van der Waals surface area contributed by atoms with Gasteiger partial charge < -0.3 is 10.1 Å². The molecule has 0 unspecified atom stereocenters. The molecule has 0 aliphatic carbocycles. The Morgan fingerprint density at radius 1 is 1.19 bits per heavy atom.